The van der Waals surface area contributed by atoms with Crippen molar-refractivity contribution >= 4 is 51.5 Å². The van der Waals surface area contributed by atoms with Crippen molar-refractivity contribution in [2.75, 3.05) is 5.32 Å². The van der Waals surface area contributed by atoms with Crippen LogP contribution < -0.4 is 5.32 Å². The second-order valence-electron chi connectivity index (χ2n) is 5.16. The molecule has 0 heterocycles. The van der Waals surface area contributed by atoms with Gasteiger partial charge in [0.1, 0.15) is 0 Å². The topological polar surface area (TPSA) is 12.0 Å². The number of anilines is 1. The van der Waals surface area contributed by atoms with Crippen LogP contribution in [0.25, 0.3) is 0 Å². The lowest BCUT2D eigenvalue weighted by Crippen LogP contribution is -2.34. The number of rotatable bonds is 3. The van der Waals surface area contributed by atoms with Gasteiger partial charge in [-0.15, -0.1) is 0 Å². The Balaban J connectivity index is 1.62. The molecule has 2 aromatic rings. The van der Waals surface area contributed by atoms with E-state index in [9.17, 15) is 0 Å². The molecular weight excluding hydrogens is 404 g/mol. The van der Waals surface area contributed by atoms with Gasteiger partial charge in [-0.2, -0.15) is 0 Å². The van der Waals surface area contributed by atoms with Crippen molar-refractivity contribution in [1.29, 1.82) is 0 Å². The smallest absolute Gasteiger partial charge is 0.0479 e. The van der Waals surface area contributed by atoms with Crippen LogP contribution >= 0.6 is 45.8 Å². The van der Waals surface area contributed by atoms with Crippen LogP contribution in [0.4, 0.5) is 5.69 Å². The molecule has 0 spiro atoms. The third kappa shape index (κ3) is 3.07. The van der Waals surface area contributed by atoms with E-state index in [0.717, 1.165) is 32.1 Å². The lowest BCUT2D eigenvalue weighted by atomic mass is 9.76. The number of halogens is 3. The molecule has 1 aliphatic carbocycles. The maximum absolute atomic E-state index is 6.25. The van der Waals surface area contributed by atoms with Crippen molar-refractivity contribution in [2.45, 2.75) is 24.8 Å². The second-order valence-corrected chi connectivity index (χ2v) is 7.16. The van der Waals surface area contributed by atoms with E-state index < -0.39 is 0 Å². The fourth-order valence-electron chi connectivity index (χ4n) is 2.62. The molecule has 0 bridgehead atoms. The molecular formula is C16H14Cl2IN. The van der Waals surface area contributed by atoms with Gasteiger partial charge in [-0.1, -0.05) is 41.4 Å². The molecule has 0 saturated heterocycles. The van der Waals surface area contributed by atoms with Crippen LogP contribution in [-0.2, 0) is 0 Å². The Hall–Kier alpha value is -0.450. The van der Waals surface area contributed by atoms with Gasteiger partial charge in [0.05, 0.1) is 0 Å². The number of nitrogens with one attached hydrogen (secondary N) is 1. The van der Waals surface area contributed by atoms with Gasteiger partial charge in [0.25, 0.3) is 0 Å². The van der Waals surface area contributed by atoms with E-state index in [0.29, 0.717) is 12.0 Å². The first-order valence-electron chi connectivity index (χ1n) is 6.59. The molecule has 1 fully saturated rings. The molecule has 0 amide bonds. The van der Waals surface area contributed by atoms with Gasteiger partial charge in [0.2, 0.25) is 0 Å². The average molecular weight is 418 g/mol. The Morgan fingerprint density at radius 3 is 2.50 bits per heavy atom. The Kier molecular flexibility index (Phi) is 4.43. The summed E-state index contributed by atoms with van der Waals surface area (Å²) in [5, 5.41) is 5.25. The van der Waals surface area contributed by atoms with Crippen molar-refractivity contribution < 1.29 is 0 Å². The zero-order chi connectivity index (χ0) is 14.1. The first kappa shape index (κ1) is 14.5. The first-order valence-corrected chi connectivity index (χ1v) is 8.43. The molecule has 3 rings (SSSR count). The lowest BCUT2D eigenvalue weighted by Gasteiger charge is -2.37. The maximum Gasteiger partial charge on any atom is 0.0479 e. The van der Waals surface area contributed by atoms with Gasteiger partial charge < -0.3 is 5.32 Å². The zero-order valence-electron chi connectivity index (χ0n) is 10.7. The van der Waals surface area contributed by atoms with E-state index in [4.69, 9.17) is 23.2 Å². The van der Waals surface area contributed by atoms with Crippen LogP contribution in [0.3, 0.4) is 0 Å². The first-order chi connectivity index (χ1) is 9.63. The standard InChI is InChI=1S/C16H14Cl2IN/c17-11-5-6-16(15(19)9-11)20-12-7-10(8-12)13-3-1-2-4-14(13)18/h1-6,9-10,12,20H,7-8H2. The summed E-state index contributed by atoms with van der Waals surface area (Å²) in [5.41, 5.74) is 2.44. The fraction of sp³-hybridized carbons (Fsp3) is 0.250. The molecule has 1 aliphatic rings. The lowest BCUT2D eigenvalue weighted by molar-refractivity contribution is 0.374. The van der Waals surface area contributed by atoms with Crippen molar-refractivity contribution in [1.82, 2.24) is 0 Å². The molecule has 20 heavy (non-hydrogen) atoms. The molecule has 1 saturated carbocycles. The Morgan fingerprint density at radius 1 is 1.05 bits per heavy atom. The normalized spacial score (nSPS) is 21.4. The summed E-state index contributed by atoms with van der Waals surface area (Å²) < 4.78 is 1.16. The molecule has 1 N–H and O–H groups in total. The van der Waals surface area contributed by atoms with Gasteiger partial charge in [-0.3, -0.25) is 0 Å². The predicted molar refractivity (Wildman–Crippen MR) is 95.0 cm³/mol. The SMILES string of the molecule is Clc1ccc(NC2CC(c3ccccc3Cl)C2)c(I)c1. The molecule has 1 nitrogen and oxygen atoms in total. The van der Waals surface area contributed by atoms with Crippen LogP contribution in [0, 0.1) is 3.57 Å². The van der Waals surface area contributed by atoms with Gasteiger partial charge in [0.15, 0.2) is 0 Å². The number of benzene rings is 2. The predicted octanol–water partition coefficient (Wildman–Crippen LogP) is 5.96. The van der Waals surface area contributed by atoms with Gasteiger partial charge in [-0.25, -0.2) is 0 Å². The van der Waals surface area contributed by atoms with E-state index in [2.05, 4.69) is 40.0 Å². The van der Waals surface area contributed by atoms with Crippen LogP contribution in [0.2, 0.25) is 10.0 Å². The summed E-state index contributed by atoms with van der Waals surface area (Å²) in [5.74, 6) is 0.575. The highest BCUT2D eigenvalue weighted by Gasteiger charge is 2.31. The molecule has 0 aromatic heterocycles. The zero-order valence-corrected chi connectivity index (χ0v) is 14.4. The molecule has 2 aromatic carbocycles. The summed E-state index contributed by atoms with van der Waals surface area (Å²) in [6.07, 6.45) is 2.25. The second kappa shape index (κ2) is 6.12. The molecule has 0 radical (unpaired) electrons. The molecule has 4 heteroatoms. The van der Waals surface area contributed by atoms with Gasteiger partial charge in [-0.05, 0) is 71.2 Å². The summed E-state index contributed by atoms with van der Waals surface area (Å²) in [7, 11) is 0. The third-order valence-corrected chi connectivity index (χ3v) is 5.25. The quantitative estimate of drug-likeness (QED) is 0.608. The Morgan fingerprint density at radius 2 is 1.80 bits per heavy atom. The van der Waals surface area contributed by atoms with Crippen molar-refractivity contribution in [3.8, 4) is 0 Å². The third-order valence-electron chi connectivity index (χ3n) is 3.77. The average Bonchev–Trinajstić information content (AvgIpc) is 2.37. The minimum Gasteiger partial charge on any atom is -0.381 e. The van der Waals surface area contributed by atoms with Crippen LogP contribution in [0.5, 0.6) is 0 Å². The highest BCUT2D eigenvalue weighted by molar-refractivity contribution is 14.1. The van der Waals surface area contributed by atoms with Crippen molar-refractivity contribution in [3.63, 3.8) is 0 Å². The van der Waals surface area contributed by atoms with Gasteiger partial charge in [0, 0.05) is 25.3 Å². The highest BCUT2D eigenvalue weighted by Crippen LogP contribution is 2.41. The Labute approximate surface area is 142 Å². The van der Waals surface area contributed by atoms with Crippen LogP contribution in [0.1, 0.15) is 24.3 Å². The molecule has 0 aliphatic heterocycles. The van der Waals surface area contributed by atoms with Crippen LogP contribution in [0.15, 0.2) is 42.5 Å². The van der Waals surface area contributed by atoms with Crippen molar-refractivity contribution in [2.24, 2.45) is 0 Å². The molecule has 104 valence electrons. The maximum atomic E-state index is 6.25. The monoisotopic (exact) mass is 417 g/mol. The van der Waals surface area contributed by atoms with Gasteiger partial charge >= 0.3 is 0 Å². The largest absolute Gasteiger partial charge is 0.381 e. The fourth-order valence-corrected chi connectivity index (χ4v) is 3.94. The Bertz CT molecular complexity index is 624. The highest BCUT2D eigenvalue weighted by atomic mass is 127. The van der Waals surface area contributed by atoms with E-state index in [1.807, 2.05) is 30.3 Å². The molecule has 0 unspecified atom stereocenters. The summed E-state index contributed by atoms with van der Waals surface area (Å²) in [6.45, 7) is 0. The van der Waals surface area contributed by atoms with E-state index >= 15 is 0 Å². The number of hydrogen-bond acceptors (Lipinski definition) is 1. The van der Waals surface area contributed by atoms with E-state index in [1.54, 1.807) is 0 Å². The van der Waals surface area contributed by atoms with E-state index in [-0.39, 0.29) is 0 Å². The summed E-state index contributed by atoms with van der Waals surface area (Å²) >= 11 is 14.5. The summed E-state index contributed by atoms with van der Waals surface area (Å²) in [6, 6.07) is 14.6. The molecule has 0 atom stereocenters. The minimum atomic E-state index is 0.519. The van der Waals surface area contributed by atoms with Crippen LogP contribution in [-0.4, -0.2) is 6.04 Å². The summed E-state index contributed by atoms with van der Waals surface area (Å²) in [4.78, 5) is 0. The van der Waals surface area contributed by atoms with Crippen molar-refractivity contribution in [3.05, 3.63) is 61.6 Å². The number of hydrogen-bond donors (Lipinski definition) is 1. The minimum absolute atomic E-state index is 0.519. The van der Waals surface area contributed by atoms with E-state index in [1.165, 1.54) is 5.56 Å².